The Morgan fingerprint density at radius 2 is 2.00 bits per heavy atom. The van der Waals surface area contributed by atoms with E-state index >= 15 is 0 Å². The van der Waals surface area contributed by atoms with Gasteiger partial charge in [-0.05, 0) is 31.2 Å². The van der Waals surface area contributed by atoms with Gasteiger partial charge in [-0.15, -0.1) is 5.73 Å². The molecule has 1 atom stereocenters. The van der Waals surface area contributed by atoms with Gasteiger partial charge in [0.1, 0.15) is 0 Å². The first-order chi connectivity index (χ1) is 8.04. The molecule has 0 heterocycles. The van der Waals surface area contributed by atoms with Crippen molar-refractivity contribution in [2.45, 2.75) is 25.1 Å². The van der Waals surface area contributed by atoms with Crippen molar-refractivity contribution in [3.63, 3.8) is 0 Å². The molecule has 1 aromatic carbocycles. The van der Waals surface area contributed by atoms with Crippen molar-refractivity contribution in [3.05, 3.63) is 60.4 Å². The standard InChI is InChI=1S/C15H19FSi/c1-4-9-15(17(2,3)16)13-8-12-14-10-6-5-7-11-14/h5-12,15H,1,13H2,2-3H3/b12-8+. The first-order valence-corrected chi connectivity index (χ1v) is 8.76. The molecule has 0 saturated heterocycles. The summed E-state index contributed by atoms with van der Waals surface area (Å²) >= 11 is 0. The smallest absolute Gasteiger partial charge is 0.248 e. The van der Waals surface area contributed by atoms with Gasteiger partial charge in [0.05, 0.1) is 0 Å². The van der Waals surface area contributed by atoms with E-state index in [-0.39, 0.29) is 5.54 Å². The number of hydrogen-bond acceptors (Lipinski definition) is 0. The van der Waals surface area contributed by atoms with Gasteiger partial charge in [0, 0.05) is 5.54 Å². The second-order valence-electron chi connectivity index (χ2n) is 4.59. The van der Waals surface area contributed by atoms with Gasteiger partial charge >= 0.3 is 0 Å². The highest BCUT2D eigenvalue weighted by Gasteiger charge is 2.29. The molecule has 0 spiro atoms. The van der Waals surface area contributed by atoms with E-state index in [0.717, 1.165) is 5.56 Å². The molecular formula is C15H19FSi. The monoisotopic (exact) mass is 246 g/mol. The fourth-order valence-corrected chi connectivity index (χ4v) is 2.81. The summed E-state index contributed by atoms with van der Waals surface area (Å²) in [4.78, 5) is 0. The molecule has 0 aliphatic rings. The molecule has 0 N–H and O–H groups in total. The predicted octanol–water partition coefficient (Wildman–Crippen LogP) is 4.98. The van der Waals surface area contributed by atoms with E-state index in [4.69, 9.17) is 0 Å². The number of benzene rings is 1. The van der Waals surface area contributed by atoms with Gasteiger partial charge in [0.2, 0.25) is 8.41 Å². The zero-order chi connectivity index (χ0) is 12.7. The molecule has 0 amide bonds. The van der Waals surface area contributed by atoms with E-state index in [1.165, 1.54) is 0 Å². The largest absolute Gasteiger partial charge is 0.314 e. The zero-order valence-corrected chi connectivity index (χ0v) is 11.5. The molecule has 2 heteroatoms. The average molecular weight is 246 g/mol. The molecule has 17 heavy (non-hydrogen) atoms. The molecule has 0 radical (unpaired) electrons. The lowest BCUT2D eigenvalue weighted by Crippen LogP contribution is -2.24. The first-order valence-electron chi connectivity index (χ1n) is 5.80. The first kappa shape index (κ1) is 13.7. The van der Waals surface area contributed by atoms with Crippen LogP contribution in [0.25, 0.3) is 6.08 Å². The number of allylic oxidation sites excluding steroid dienone is 2. The molecule has 0 aromatic heterocycles. The van der Waals surface area contributed by atoms with Crippen molar-refractivity contribution in [1.29, 1.82) is 0 Å². The number of hydrogen-bond donors (Lipinski definition) is 0. The molecule has 1 aromatic rings. The quantitative estimate of drug-likeness (QED) is 0.390. The molecular weight excluding hydrogens is 227 g/mol. The molecule has 0 nitrogen and oxygen atoms in total. The summed E-state index contributed by atoms with van der Waals surface area (Å²) in [7, 11) is -2.66. The second-order valence-corrected chi connectivity index (χ2v) is 8.46. The van der Waals surface area contributed by atoms with Crippen LogP contribution >= 0.6 is 0 Å². The third-order valence-corrected chi connectivity index (χ3v) is 4.87. The van der Waals surface area contributed by atoms with Crippen LogP contribution in [0, 0.1) is 0 Å². The van der Waals surface area contributed by atoms with Crippen LogP contribution in [-0.4, -0.2) is 8.41 Å². The fourth-order valence-electron chi connectivity index (χ4n) is 1.60. The molecule has 90 valence electrons. The van der Waals surface area contributed by atoms with Crippen LogP contribution in [-0.2, 0) is 0 Å². The van der Waals surface area contributed by atoms with Gasteiger partial charge in [-0.3, -0.25) is 0 Å². The molecule has 0 aliphatic carbocycles. The summed E-state index contributed by atoms with van der Waals surface area (Å²) in [5.41, 5.74) is 3.81. The summed E-state index contributed by atoms with van der Waals surface area (Å²) in [6.45, 7) is 6.98. The summed E-state index contributed by atoms with van der Waals surface area (Å²) < 4.78 is 14.0. The Balaban J connectivity index is 2.65. The minimum absolute atomic E-state index is 0.0417. The topological polar surface area (TPSA) is 0 Å². The van der Waals surface area contributed by atoms with Gasteiger partial charge in [-0.25, -0.2) is 0 Å². The average Bonchev–Trinajstić information content (AvgIpc) is 2.28. The van der Waals surface area contributed by atoms with Crippen LogP contribution in [0.2, 0.25) is 18.6 Å². The van der Waals surface area contributed by atoms with Crippen molar-refractivity contribution in [3.8, 4) is 0 Å². The van der Waals surface area contributed by atoms with Crippen molar-refractivity contribution in [2.24, 2.45) is 0 Å². The van der Waals surface area contributed by atoms with Gasteiger partial charge in [0.25, 0.3) is 0 Å². The van der Waals surface area contributed by atoms with Gasteiger partial charge < -0.3 is 4.11 Å². The Morgan fingerprint density at radius 3 is 2.53 bits per heavy atom. The summed E-state index contributed by atoms with van der Waals surface area (Å²) in [5.74, 6) is 0. The van der Waals surface area contributed by atoms with Crippen LogP contribution < -0.4 is 0 Å². The normalized spacial score (nSPS) is 13.4. The minimum Gasteiger partial charge on any atom is -0.314 e. The van der Waals surface area contributed by atoms with E-state index in [1.807, 2.05) is 42.5 Å². The predicted molar refractivity (Wildman–Crippen MR) is 76.1 cm³/mol. The van der Waals surface area contributed by atoms with Crippen molar-refractivity contribution in [1.82, 2.24) is 0 Å². The number of halogens is 1. The lowest BCUT2D eigenvalue weighted by molar-refractivity contribution is 0.748. The van der Waals surface area contributed by atoms with Gasteiger partial charge in [0.15, 0.2) is 0 Å². The number of rotatable bonds is 5. The lowest BCUT2D eigenvalue weighted by Gasteiger charge is -2.18. The van der Waals surface area contributed by atoms with Gasteiger partial charge in [-0.2, -0.15) is 0 Å². The summed E-state index contributed by atoms with van der Waals surface area (Å²) in [6, 6.07) is 10.0. The maximum absolute atomic E-state index is 14.0. The molecule has 0 fully saturated rings. The Labute approximate surface area is 104 Å². The zero-order valence-electron chi connectivity index (χ0n) is 10.5. The van der Waals surface area contributed by atoms with E-state index in [9.17, 15) is 4.11 Å². The van der Waals surface area contributed by atoms with E-state index in [0.29, 0.717) is 6.42 Å². The van der Waals surface area contributed by atoms with Crippen molar-refractivity contribution < 1.29 is 4.11 Å². The maximum Gasteiger partial charge on any atom is 0.248 e. The Hall–Kier alpha value is -1.37. The van der Waals surface area contributed by atoms with Crippen LogP contribution in [0.5, 0.6) is 0 Å². The SMILES string of the molecule is C=C=CC(C/C=C/c1ccccc1)[Si](C)(C)F. The fraction of sp³-hybridized carbons (Fsp3) is 0.267. The highest BCUT2D eigenvalue weighted by Crippen LogP contribution is 2.28. The molecule has 0 aliphatic heterocycles. The Bertz CT molecular complexity index is 408. The van der Waals surface area contributed by atoms with E-state index < -0.39 is 8.41 Å². The van der Waals surface area contributed by atoms with E-state index in [2.05, 4.69) is 12.3 Å². The molecule has 1 unspecified atom stereocenters. The third kappa shape index (κ3) is 4.99. The Kier molecular flexibility index (Phi) is 5.14. The summed E-state index contributed by atoms with van der Waals surface area (Å²) in [6.07, 6.45) is 6.54. The highest BCUT2D eigenvalue weighted by atomic mass is 28.4. The Morgan fingerprint density at radius 1 is 1.35 bits per heavy atom. The minimum atomic E-state index is -2.66. The van der Waals surface area contributed by atoms with Crippen LogP contribution in [0.3, 0.4) is 0 Å². The van der Waals surface area contributed by atoms with E-state index in [1.54, 1.807) is 19.2 Å². The second kappa shape index (κ2) is 6.38. The highest BCUT2D eigenvalue weighted by molar-refractivity contribution is 6.72. The van der Waals surface area contributed by atoms with Crippen LogP contribution in [0.15, 0.2) is 54.8 Å². The lowest BCUT2D eigenvalue weighted by atomic mass is 10.2. The molecule has 0 saturated carbocycles. The van der Waals surface area contributed by atoms with Gasteiger partial charge in [-0.1, -0.05) is 49.1 Å². The molecule has 0 bridgehead atoms. The van der Waals surface area contributed by atoms with Crippen LogP contribution in [0.1, 0.15) is 12.0 Å². The molecule has 1 rings (SSSR count). The maximum atomic E-state index is 14.0. The summed E-state index contributed by atoms with van der Waals surface area (Å²) in [5, 5.41) is 0. The van der Waals surface area contributed by atoms with Crippen molar-refractivity contribution in [2.75, 3.05) is 0 Å². The van der Waals surface area contributed by atoms with Crippen molar-refractivity contribution >= 4 is 14.5 Å². The third-order valence-electron chi connectivity index (χ3n) is 2.70. The van der Waals surface area contributed by atoms with Crippen LogP contribution in [0.4, 0.5) is 4.11 Å².